The second-order valence-corrected chi connectivity index (χ2v) is 5.17. The number of anilines is 2. The van der Waals surface area contributed by atoms with Gasteiger partial charge in [0, 0.05) is 18.1 Å². The molecule has 0 radical (unpaired) electrons. The Morgan fingerprint density at radius 3 is 2.74 bits per heavy atom. The van der Waals surface area contributed by atoms with E-state index in [9.17, 15) is 5.26 Å². The van der Waals surface area contributed by atoms with Crippen LogP contribution in [0.25, 0.3) is 16.7 Å². The highest BCUT2D eigenvalue weighted by Gasteiger charge is 2.14. The normalized spacial score (nSPS) is 10.8. The van der Waals surface area contributed by atoms with E-state index in [1.54, 1.807) is 12.4 Å². The summed E-state index contributed by atoms with van der Waals surface area (Å²) in [5, 5.41) is 18.1. The molecule has 4 rings (SSSR count). The Morgan fingerprint density at radius 1 is 1.13 bits per heavy atom. The average molecular weight is 300 g/mol. The molecule has 110 valence electrons. The summed E-state index contributed by atoms with van der Waals surface area (Å²) in [6, 6.07) is 17.6. The third kappa shape index (κ3) is 2.07. The van der Waals surface area contributed by atoms with Gasteiger partial charge < -0.3 is 4.90 Å². The smallest absolute Gasteiger partial charge is 0.257 e. The van der Waals surface area contributed by atoms with E-state index in [-0.39, 0.29) is 0 Å². The first-order chi connectivity index (χ1) is 11.3. The zero-order valence-electron chi connectivity index (χ0n) is 12.4. The van der Waals surface area contributed by atoms with E-state index in [1.807, 2.05) is 58.8 Å². The number of aromatic nitrogens is 4. The number of rotatable bonds is 2. The predicted molar refractivity (Wildman–Crippen MR) is 87.5 cm³/mol. The Labute approximate surface area is 132 Å². The molecule has 6 heteroatoms. The molecule has 2 heterocycles. The molecule has 0 atom stereocenters. The number of hydrogen-bond donors (Lipinski definition) is 0. The van der Waals surface area contributed by atoms with Crippen LogP contribution in [0.2, 0.25) is 0 Å². The first kappa shape index (κ1) is 13.2. The van der Waals surface area contributed by atoms with Crippen molar-refractivity contribution in [2.75, 3.05) is 11.9 Å². The van der Waals surface area contributed by atoms with E-state index in [2.05, 4.69) is 21.3 Å². The number of nitrogens with zero attached hydrogens (tertiary/aromatic N) is 6. The van der Waals surface area contributed by atoms with Gasteiger partial charge in [-0.1, -0.05) is 18.2 Å². The predicted octanol–water partition coefficient (Wildman–Crippen LogP) is 2.92. The molecular weight excluding hydrogens is 288 g/mol. The topological polar surface area (TPSA) is 70.1 Å². The molecule has 0 aliphatic rings. The highest BCUT2D eigenvalue weighted by Crippen LogP contribution is 2.30. The Hall–Kier alpha value is -3.46. The van der Waals surface area contributed by atoms with Crippen LogP contribution in [0.4, 0.5) is 11.5 Å². The lowest BCUT2D eigenvalue weighted by atomic mass is 10.1. The van der Waals surface area contributed by atoms with Crippen molar-refractivity contribution in [3.63, 3.8) is 0 Å². The molecule has 2 aromatic carbocycles. The summed E-state index contributed by atoms with van der Waals surface area (Å²) in [5.41, 5.74) is 2.51. The van der Waals surface area contributed by atoms with Gasteiger partial charge >= 0.3 is 0 Å². The first-order valence-electron chi connectivity index (χ1n) is 7.10. The Kier molecular flexibility index (Phi) is 2.91. The molecule has 0 fully saturated rings. The Morgan fingerprint density at radius 2 is 1.96 bits per heavy atom. The Balaban J connectivity index is 2.05. The average Bonchev–Trinajstić information content (AvgIpc) is 3.09. The maximum absolute atomic E-state index is 9.20. The van der Waals surface area contributed by atoms with Gasteiger partial charge in [0.2, 0.25) is 0 Å². The zero-order valence-corrected chi connectivity index (χ0v) is 12.4. The number of para-hydroxylation sites is 1. The van der Waals surface area contributed by atoms with Crippen molar-refractivity contribution in [3.8, 4) is 6.07 Å². The highest BCUT2D eigenvalue weighted by molar-refractivity contribution is 5.94. The summed E-state index contributed by atoms with van der Waals surface area (Å²) in [7, 11) is 1.95. The summed E-state index contributed by atoms with van der Waals surface area (Å²) < 4.78 is 1.82. The molecule has 4 aromatic rings. The van der Waals surface area contributed by atoms with Crippen LogP contribution in [-0.2, 0) is 0 Å². The lowest BCUT2D eigenvalue weighted by Crippen LogP contribution is -2.13. The minimum Gasteiger partial charge on any atom is -0.329 e. The zero-order chi connectivity index (χ0) is 15.8. The second kappa shape index (κ2) is 5.07. The van der Waals surface area contributed by atoms with E-state index in [0.717, 1.165) is 22.4 Å². The second-order valence-electron chi connectivity index (χ2n) is 5.17. The van der Waals surface area contributed by atoms with Gasteiger partial charge in [0.05, 0.1) is 17.1 Å². The largest absolute Gasteiger partial charge is 0.329 e. The van der Waals surface area contributed by atoms with E-state index in [1.165, 1.54) is 0 Å². The van der Waals surface area contributed by atoms with E-state index in [0.29, 0.717) is 11.3 Å². The lowest BCUT2D eigenvalue weighted by Gasteiger charge is -2.20. The number of benzene rings is 2. The van der Waals surface area contributed by atoms with E-state index in [4.69, 9.17) is 0 Å². The molecular formula is C17H12N6. The van der Waals surface area contributed by atoms with Gasteiger partial charge in [-0.2, -0.15) is 10.2 Å². The van der Waals surface area contributed by atoms with Crippen LogP contribution >= 0.6 is 0 Å². The van der Waals surface area contributed by atoms with Crippen LogP contribution in [0.15, 0.2) is 54.9 Å². The summed E-state index contributed by atoms with van der Waals surface area (Å²) >= 11 is 0. The molecule has 2 aromatic heterocycles. The molecule has 0 spiro atoms. The van der Waals surface area contributed by atoms with Gasteiger partial charge in [0.1, 0.15) is 12.1 Å². The highest BCUT2D eigenvalue weighted by atomic mass is 15.3. The minimum absolute atomic E-state index is 0.528. The van der Waals surface area contributed by atoms with Crippen LogP contribution in [0, 0.1) is 11.3 Å². The third-order valence-corrected chi connectivity index (χ3v) is 3.82. The van der Waals surface area contributed by atoms with E-state index < -0.39 is 0 Å². The van der Waals surface area contributed by atoms with Gasteiger partial charge in [-0.05, 0) is 30.3 Å². The fourth-order valence-electron chi connectivity index (χ4n) is 2.65. The monoisotopic (exact) mass is 300 g/mol. The van der Waals surface area contributed by atoms with Crippen molar-refractivity contribution in [3.05, 3.63) is 60.4 Å². The summed E-state index contributed by atoms with van der Waals surface area (Å²) in [6.07, 6.45) is 1.63. The number of hydrogen-bond acceptors (Lipinski definition) is 5. The molecule has 0 aliphatic carbocycles. The molecule has 0 saturated heterocycles. The van der Waals surface area contributed by atoms with Gasteiger partial charge in [-0.3, -0.25) is 4.40 Å². The molecule has 0 aliphatic heterocycles. The summed E-state index contributed by atoms with van der Waals surface area (Å²) in [6.45, 7) is 0. The molecule has 0 N–H and O–H groups in total. The fraction of sp³-hybridized carbons (Fsp3) is 0.0588. The van der Waals surface area contributed by atoms with Crippen LogP contribution in [0.3, 0.4) is 0 Å². The minimum atomic E-state index is 0.528. The summed E-state index contributed by atoms with van der Waals surface area (Å²) in [4.78, 5) is 6.61. The quantitative estimate of drug-likeness (QED) is 0.569. The fourth-order valence-corrected chi connectivity index (χ4v) is 2.65. The number of nitriles is 1. The van der Waals surface area contributed by atoms with Crippen molar-refractivity contribution in [1.82, 2.24) is 19.6 Å². The first-order valence-corrected chi connectivity index (χ1v) is 7.10. The van der Waals surface area contributed by atoms with Crippen molar-refractivity contribution in [2.45, 2.75) is 0 Å². The van der Waals surface area contributed by atoms with Gasteiger partial charge in [-0.15, -0.1) is 10.2 Å². The van der Waals surface area contributed by atoms with Crippen molar-refractivity contribution >= 4 is 28.2 Å². The molecule has 0 bridgehead atoms. The molecule has 0 unspecified atom stereocenters. The standard InChI is InChI=1S/C17H12N6/c1-22(13-5-3-2-4-6-13)16-14-9-12(10-18)7-8-15(14)23-11-19-21-17(23)20-16/h2-9,11H,1H3. The maximum Gasteiger partial charge on any atom is 0.257 e. The maximum atomic E-state index is 9.20. The van der Waals surface area contributed by atoms with Crippen molar-refractivity contribution < 1.29 is 0 Å². The number of fused-ring (bicyclic) bond motifs is 3. The SMILES string of the molecule is CN(c1ccccc1)c1nc2nncn2c2ccc(C#N)cc12. The Bertz CT molecular complexity index is 1050. The molecule has 0 amide bonds. The van der Waals surface area contributed by atoms with E-state index >= 15 is 0 Å². The lowest BCUT2D eigenvalue weighted by molar-refractivity contribution is 1.08. The van der Waals surface area contributed by atoms with Gasteiger partial charge in [-0.25, -0.2) is 0 Å². The van der Waals surface area contributed by atoms with Gasteiger partial charge in [0.15, 0.2) is 0 Å². The van der Waals surface area contributed by atoms with Crippen molar-refractivity contribution in [2.24, 2.45) is 0 Å². The van der Waals surface area contributed by atoms with Crippen LogP contribution in [0.5, 0.6) is 0 Å². The van der Waals surface area contributed by atoms with Crippen molar-refractivity contribution in [1.29, 1.82) is 5.26 Å². The van der Waals surface area contributed by atoms with Crippen LogP contribution in [0.1, 0.15) is 5.56 Å². The molecule has 23 heavy (non-hydrogen) atoms. The third-order valence-electron chi connectivity index (χ3n) is 3.82. The molecule has 0 saturated carbocycles. The molecule has 6 nitrogen and oxygen atoms in total. The van der Waals surface area contributed by atoms with Gasteiger partial charge in [0.25, 0.3) is 5.78 Å². The van der Waals surface area contributed by atoms with Crippen LogP contribution in [-0.4, -0.2) is 26.6 Å². The van der Waals surface area contributed by atoms with Crippen LogP contribution < -0.4 is 4.90 Å². The summed E-state index contributed by atoms with van der Waals surface area (Å²) in [5.74, 6) is 1.27.